The van der Waals surface area contributed by atoms with Gasteiger partial charge in [0.1, 0.15) is 6.04 Å². The SMILES string of the molecule is O=C(NCCN1CCCC1)C1COCCN1. The normalized spacial score (nSPS) is 26.9. The Bertz CT molecular complexity index is 223. The average molecular weight is 227 g/mol. The molecule has 5 heteroatoms. The van der Waals surface area contributed by atoms with Crippen LogP contribution in [0.25, 0.3) is 0 Å². The van der Waals surface area contributed by atoms with Gasteiger partial charge in [0.15, 0.2) is 0 Å². The Morgan fingerprint density at radius 3 is 2.94 bits per heavy atom. The molecule has 2 aliphatic rings. The van der Waals surface area contributed by atoms with Crippen molar-refractivity contribution in [3.63, 3.8) is 0 Å². The van der Waals surface area contributed by atoms with Gasteiger partial charge < -0.3 is 20.3 Å². The second-order valence-corrected chi connectivity index (χ2v) is 4.42. The van der Waals surface area contributed by atoms with Crippen molar-refractivity contribution in [1.29, 1.82) is 0 Å². The van der Waals surface area contributed by atoms with E-state index in [1.807, 2.05) is 0 Å². The van der Waals surface area contributed by atoms with E-state index in [1.54, 1.807) is 0 Å². The number of likely N-dealkylation sites (tertiary alicyclic amines) is 1. The lowest BCUT2D eigenvalue weighted by atomic mass is 10.2. The van der Waals surface area contributed by atoms with Crippen molar-refractivity contribution in [3.05, 3.63) is 0 Å². The van der Waals surface area contributed by atoms with Crippen LogP contribution in [0, 0.1) is 0 Å². The van der Waals surface area contributed by atoms with Gasteiger partial charge in [0.25, 0.3) is 0 Å². The van der Waals surface area contributed by atoms with E-state index in [1.165, 1.54) is 25.9 Å². The maximum absolute atomic E-state index is 11.7. The zero-order chi connectivity index (χ0) is 11.2. The molecule has 2 fully saturated rings. The van der Waals surface area contributed by atoms with Gasteiger partial charge in [-0.15, -0.1) is 0 Å². The Balaban J connectivity index is 1.59. The van der Waals surface area contributed by atoms with Crippen LogP contribution < -0.4 is 10.6 Å². The summed E-state index contributed by atoms with van der Waals surface area (Å²) in [4.78, 5) is 14.1. The highest BCUT2D eigenvalue weighted by Gasteiger charge is 2.20. The summed E-state index contributed by atoms with van der Waals surface area (Å²) >= 11 is 0. The molecule has 0 aliphatic carbocycles. The van der Waals surface area contributed by atoms with Crippen LogP contribution in [0.15, 0.2) is 0 Å². The Hall–Kier alpha value is -0.650. The van der Waals surface area contributed by atoms with E-state index >= 15 is 0 Å². The maximum atomic E-state index is 11.7. The van der Waals surface area contributed by atoms with Crippen molar-refractivity contribution in [1.82, 2.24) is 15.5 Å². The van der Waals surface area contributed by atoms with E-state index in [2.05, 4.69) is 15.5 Å². The molecule has 0 saturated carbocycles. The number of amides is 1. The Kier molecular flexibility index (Phi) is 4.56. The third kappa shape index (κ3) is 3.43. The zero-order valence-corrected chi connectivity index (χ0v) is 9.71. The predicted octanol–water partition coefficient (Wildman–Crippen LogP) is -0.813. The maximum Gasteiger partial charge on any atom is 0.239 e. The second-order valence-electron chi connectivity index (χ2n) is 4.42. The lowest BCUT2D eigenvalue weighted by molar-refractivity contribution is -0.125. The largest absolute Gasteiger partial charge is 0.378 e. The molecule has 1 amide bonds. The third-order valence-electron chi connectivity index (χ3n) is 3.16. The minimum Gasteiger partial charge on any atom is -0.378 e. The van der Waals surface area contributed by atoms with Crippen molar-refractivity contribution in [2.75, 3.05) is 45.9 Å². The first-order valence-corrected chi connectivity index (χ1v) is 6.17. The molecule has 1 unspecified atom stereocenters. The number of ether oxygens (including phenoxy) is 1. The summed E-state index contributed by atoms with van der Waals surface area (Å²) in [6, 6.07) is -0.160. The highest BCUT2D eigenvalue weighted by molar-refractivity contribution is 5.81. The van der Waals surface area contributed by atoms with Crippen LogP contribution in [0.2, 0.25) is 0 Å². The summed E-state index contributed by atoms with van der Waals surface area (Å²) in [7, 11) is 0. The molecular weight excluding hydrogens is 206 g/mol. The highest BCUT2D eigenvalue weighted by Crippen LogP contribution is 2.05. The van der Waals surface area contributed by atoms with Crippen molar-refractivity contribution in [2.24, 2.45) is 0 Å². The van der Waals surface area contributed by atoms with Gasteiger partial charge in [0.05, 0.1) is 13.2 Å². The molecule has 5 nitrogen and oxygen atoms in total. The number of nitrogens with zero attached hydrogens (tertiary/aromatic N) is 1. The molecule has 0 aromatic carbocycles. The van der Waals surface area contributed by atoms with E-state index in [0.717, 1.165) is 19.6 Å². The molecule has 2 saturated heterocycles. The van der Waals surface area contributed by atoms with Crippen LogP contribution >= 0.6 is 0 Å². The quantitative estimate of drug-likeness (QED) is 0.659. The van der Waals surface area contributed by atoms with Gasteiger partial charge in [-0.2, -0.15) is 0 Å². The molecule has 0 aromatic rings. The summed E-state index contributed by atoms with van der Waals surface area (Å²) < 4.78 is 5.25. The number of nitrogens with one attached hydrogen (secondary N) is 2. The van der Waals surface area contributed by atoms with Crippen LogP contribution in [0.1, 0.15) is 12.8 Å². The predicted molar refractivity (Wildman–Crippen MR) is 61.3 cm³/mol. The van der Waals surface area contributed by atoms with E-state index < -0.39 is 0 Å². The number of hydrogen-bond donors (Lipinski definition) is 2. The summed E-state index contributed by atoms with van der Waals surface area (Å²) in [5.41, 5.74) is 0. The summed E-state index contributed by atoms with van der Waals surface area (Å²) in [5, 5.41) is 6.10. The first-order chi connectivity index (χ1) is 7.86. The van der Waals surface area contributed by atoms with Crippen molar-refractivity contribution in [2.45, 2.75) is 18.9 Å². The van der Waals surface area contributed by atoms with Gasteiger partial charge in [-0.1, -0.05) is 0 Å². The minimum atomic E-state index is -0.160. The number of morpholine rings is 1. The monoisotopic (exact) mass is 227 g/mol. The summed E-state index contributed by atoms with van der Waals surface area (Å²) in [6.07, 6.45) is 2.60. The van der Waals surface area contributed by atoms with Crippen LogP contribution in [-0.2, 0) is 9.53 Å². The minimum absolute atomic E-state index is 0.0684. The number of carbonyl (C=O) groups is 1. The smallest absolute Gasteiger partial charge is 0.239 e. The molecular formula is C11H21N3O2. The molecule has 2 N–H and O–H groups in total. The first kappa shape index (κ1) is 11.8. The molecule has 92 valence electrons. The van der Waals surface area contributed by atoms with E-state index in [9.17, 15) is 4.79 Å². The molecule has 0 bridgehead atoms. The van der Waals surface area contributed by atoms with E-state index in [4.69, 9.17) is 4.74 Å². The third-order valence-corrected chi connectivity index (χ3v) is 3.16. The van der Waals surface area contributed by atoms with Gasteiger partial charge in [-0.05, 0) is 25.9 Å². The van der Waals surface area contributed by atoms with Crippen molar-refractivity contribution >= 4 is 5.91 Å². The van der Waals surface area contributed by atoms with Crippen LogP contribution in [0.3, 0.4) is 0 Å². The number of hydrogen-bond acceptors (Lipinski definition) is 4. The van der Waals surface area contributed by atoms with Gasteiger partial charge in [-0.25, -0.2) is 0 Å². The highest BCUT2D eigenvalue weighted by atomic mass is 16.5. The van der Waals surface area contributed by atoms with Crippen molar-refractivity contribution < 1.29 is 9.53 Å². The Labute approximate surface area is 96.5 Å². The second kappa shape index (κ2) is 6.18. The summed E-state index contributed by atoms with van der Waals surface area (Å²) in [6.45, 7) is 6.05. The molecule has 2 aliphatic heterocycles. The first-order valence-electron chi connectivity index (χ1n) is 6.17. The van der Waals surface area contributed by atoms with Crippen LogP contribution in [0.4, 0.5) is 0 Å². The molecule has 2 rings (SSSR count). The Morgan fingerprint density at radius 2 is 2.25 bits per heavy atom. The number of rotatable bonds is 4. The standard InChI is InChI=1S/C11H21N3O2/c15-11(10-9-16-8-4-12-10)13-3-7-14-5-1-2-6-14/h10,12H,1-9H2,(H,13,15). The fraction of sp³-hybridized carbons (Fsp3) is 0.909. The average Bonchev–Trinajstić information content (AvgIpc) is 2.83. The van der Waals surface area contributed by atoms with Crippen LogP contribution in [-0.4, -0.2) is 62.8 Å². The molecule has 2 heterocycles. The Morgan fingerprint density at radius 1 is 1.44 bits per heavy atom. The fourth-order valence-corrected chi connectivity index (χ4v) is 2.20. The molecule has 1 atom stereocenters. The molecule has 0 aromatic heterocycles. The van der Waals surface area contributed by atoms with E-state index in [0.29, 0.717) is 13.2 Å². The van der Waals surface area contributed by atoms with Crippen LogP contribution in [0.5, 0.6) is 0 Å². The van der Waals surface area contributed by atoms with Gasteiger partial charge in [0.2, 0.25) is 5.91 Å². The van der Waals surface area contributed by atoms with E-state index in [-0.39, 0.29) is 11.9 Å². The van der Waals surface area contributed by atoms with Gasteiger partial charge in [-0.3, -0.25) is 4.79 Å². The van der Waals surface area contributed by atoms with Crippen molar-refractivity contribution in [3.8, 4) is 0 Å². The molecule has 0 radical (unpaired) electrons. The lowest BCUT2D eigenvalue weighted by Crippen LogP contribution is -2.52. The fourth-order valence-electron chi connectivity index (χ4n) is 2.20. The molecule has 0 spiro atoms. The lowest BCUT2D eigenvalue weighted by Gasteiger charge is -2.23. The number of carbonyl (C=O) groups excluding carboxylic acids is 1. The summed E-state index contributed by atoms with van der Waals surface area (Å²) in [5.74, 6) is 0.0684. The van der Waals surface area contributed by atoms with Gasteiger partial charge >= 0.3 is 0 Å². The van der Waals surface area contributed by atoms with Gasteiger partial charge in [0, 0.05) is 19.6 Å². The molecule has 16 heavy (non-hydrogen) atoms. The zero-order valence-electron chi connectivity index (χ0n) is 9.71. The topological polar surface area (TPSA) is 53.6 Å².